The van der Waals surface area contributed by atoms with Gasteiger partial charge < -0.3 is 14.8 Å². The smallest absolute Gasteiger partial charge is 0.228 e. The molecule has 7 heteroatoms. The summed E-state index contributed by atoms with van der Waals surface area (Å²) in [5.41, 5.74) is -0.0757. The molecule has 0 fully saturated rings. The van der Waals surface area contributed by atoms with Gasteiger partial charge in [-0.05, 0) is 6.08 Å². The molecule has 0 aliphatic rings. The molecule has 0 atom stereocenters. The van der Waals surface area contributed by atoms with Gasteiger partial charge in [0.1, 0.15) is 5.76 Å². The monoisotopic (exact) mass is 321 g/mol. The Hall–Kier alpha value is -1.99. The highest BCUT2D eigenvalue weighted by molar-refractivity contribution is 7.16. The molecule has 0 saturated heterocycles. The van der Waals surface area contributed by atoms with Gasteiger partial charge >= 0.3 is 0 Å². The lowest BCUT2D eigenvalue weighted by atomic mass is 9.94. The van der Waals surface area contributed by atoms with Crippen molar-refractivity contribution in [2.24, 2.45) is 0 Å². The molecule has 0 unspecified atom stereocenters. The molecule has 0 aliphatic heterocycles. The molecule has 2 rings (SSSR count). The first-order valence-corrected chi connectivity index (χ1v) is 7.71. The van der Waals surface area contributed by atoms with Crippen molar-refractivity contribution in [2.75, 3.05) is 11.9 Å². The number of nitrogens with one attached hydrogen (secondary N) is 1. The highest BCUT2D eigenvalue weighted by Crippen LogP contribution is 2.24. The van der Waals surface area contributed by atoms with E-state index in [-0.39, 0.29) is 24.3 Å². The van der Waals surface area contributed by atoms with Crippen LogP contribution in [-0.2, 0) is 10.2 Å². The van der Waals surface area contributed by atoms with Crippen molar-refractivity contribution < 1.29 is 14.3 Å². The molecule has 0 saturated carbocycles. The van der Waals surface area contributed by atoms with Crippen LogP contribution < -0.4 is 5.32 Å². The summed E-state index contributed by atoms with van der Waals surface area (Å²) in [6.45, 7) is 6.01. The largest absolute Gasteiger partial charge is 0.441 e. The molecule has 2 aromatic heterocycles. The van der Waals surface area contributed by atoms with Gasteiger partial charge in [0.05, 0.1) is 19.2 Å². The Balaban J connectivity index is 2.00. The number of aromatic nitrogens is 2. The van der Waals surface area contributed by atoms with Crippen molar-refractivity contribution >= 4 is 34.5 Å². The van der Waals surface area contributed by atoms with Crippen LogP contribution in [0.4, 0.5) is 5.13 Å². The van der Waals surface area contributed by atoms with Crippen molar-refractivity contribution in [1.82, 2.24) is 9.97 Å². The van der Waals surface area contributed by atoms with Gasteiger partial charge in [-0.2, -0.15) is 0 Å². The van der Waals surface area contributed by atoms with E-state index in [1.807, 2.05) is 6.08 Å². The van der Waals surface area contributed by atoms with Gasteiger partial charge in [-0.15, -0.1) is 0 Å². The molecule has 1 amide bonds. The van der Waals surface area contributed by atoms with Gasteiger partial charge in [0.2, 0.25) is 11.8 Å². The van der Waals surface area contributed by atoms with Gasteiger partial charge in [-0.25, -0.2) is 9.97 Å². The number of rotatable bonds is 5. The highest BCUT2D eigenvalue weighted by atomic mass is 32.1. The Morgan fingerprint density at radius 2 is 2.14 bits per heavy atom. The Labute approximate surface area is 132 Å². The van der Waals surface area contributed by atoms with Gasteiger partial charge in [0.15, 0.2) is 5.13 Å². The fourth-order valence-electron chi connectivity index (χ4n) is 1.57. The average molecular weight is 321 g/mol. The molecule has 0 aromatic carbocycles. The Kier molecular flexibility index (Phi) is 5.10. The van der Waals surface area contributed by atoms with Crippen LogP contribution in [0, 0.1) is 0 Å². The maximum atomic E-state index is 11.4. The Bertz CT molecular complexity index is 668. The van der Waals surface area contributed by atoms with E-state index in [1.165, 1.54) is 11.3 Å². The highest BCUT2D eigenvalue weighted by Gasteiger charge is 2.18. The van der Waals surface area contributed by atoms with Crippen LogP contribution in [0.1, 0.15) is 43.7 Å². The van der Waals surface area contributed by atoms with E-state index >= 15 is 0 Å². The standard InChI is InChI=1S/C15H19N3O3S/c1-15(2,3)11-9-16-13(21-11)5-4-10-8-17-14(22-10)18-12(20)6-7-19/h4-5,8-9,19H,6-7H2,1-3H3,(H,17,18,20). The first-order chi connectivity index (χ1) is 10.4. The number of oxazole rings is 1. The topological polar surface area (TPSA) is 88.2 Å². The lowest BCUT2D eigenvalue weighted by Gasteiger charge is -2.12. The fourth-order valence-corrected chi connectivity index (χ4v) is 2.30. The van der Waals surface area contributed by atoms with Crippen LogP contribution in [0.25, 0.3) is 12.2 Å². The third-order valence-corrected chi connectivity index (χ3v) is 3.64. The molecular weight excluding hydrogens is 302 g/mol. The van der Waals surface area contributed by atoms with Gasteiger partial charge in [-0.1, -0.05) is 32.1 Å². The summed E-state index contributed by atoms with van der Waals surface area (Å²) in [4.78, 5) is 20.5. The molecule has 0 aliphatic carbocycles. The summed E-state index contributed by atoms with van der Waals surface area (Å²) < 4.78 is 5.66. The van der Waals surface area contributed by atoms with Crippen molar-refractivity contribution in [3.05, 3.63) is 28.9 Å². The SMILES string of the molecule is CC(C)(C)c1cnc(C=Cc2cnc(NC(=O)CCO)s2)o1. The zero-order valence-electron chi connectivity index (χ0n) is 12.8. The quantitative estimate of drug-likeness (QED) is 0.884. The number of anilines is 1. The van der Waals surface area contributed by atoms with Crippen LogP contribution in [0.2, 0.25) is 0 Å². The maximum absolute atomic E-state index is 11.4. The van der Waals surface area contributed by atoms with Crippen molar-refractivity contribution in [3.63, 3.8) is 0 Å². The minimum absolute atomic E-state index is 0.0661. The Morgan fingerprint density at radius 1 is 1.36 bits per heavy atom. The second-order valence-electron chi connectivity index (χ2n) is 5.74. The second-order valence-corrected chi connectivity index (χ2v) is 6.80. The normalized spacial score (nSPS) is 12.0. The van der Waals surface area contributed by atoms with Crippen LogP contribution in [0.3, 0.4) is 0 Å². The number of nitrogens with zero attached hydrogens (tertiary/aromatic N) is 2. The molecule has 2 heterocycles. The number of aliphatic hydroxyl groups excluding tert-OH is 1. The molecule has 6 nitrogen and oxygen atoms in total. The van der Waals surface area contributed by atoms with Crippen LogP contribution in [0.5, 0.6) is 0 Å². The minimum atomic E-state index is -0.255. The lowest BCUT2D eigenvalue weighted by Crippen LogP contribution is -2.12. The first-order valence-electron chi connectivity index (χ1n) is 6.89. The number of thiazole rings is 1. The van der Waals surface area contributed by atoms with Gasteiger partial charge in [-0.3, -0.25) is 4.79 Å². The number of hydrogen-bond acceptors (Lipinski definition) is 6. The number of hydrogen-bond donors (Lipinski definition) is 2. The summed E-state index contributed by atoms with van der Waals surface area (Å²) in [6.07, 6.45) is 7.05. The average Bonchev–Trinajstić information content (AvgIpc) is 3.04. The fraction of sp³-hybridized carbons (Fsp3) is 0.400. The minimum Gasteiger partial charge on any atom is -0.441 e. The number of carbonyl (C=O) groups excluding carboxylic acids is 1. The number of carbonyl (C=O) groups is 1. The zero-order valence-corrected chi connectivity index (χ0v) is 13.6. The third-order valence-electron chi connectivity index (χ3n) is 2.76. The third kappa shape index (κ3) is 4.51. The van der Waals surface area contributed by atoms with Crippen LogP contribution >= 0.6 is 11.3 Å². The van der Waals surface area contributed by atoms with E-state index in [9.17, 15) is 4.79 Å². The molecule has 0 spiro atoms. The number of aliphatic hydroxyl groups is 1. The van der Waals surface area contributed by atoms with E-state index in [2.05, 4.69) is 36.1 Å². The molecule has 0 radical (unpaired) electrons. The molecule has 2 aromatic rings. The van der Waals surface area contributed by atoms with E-state index in [0.29, 0.717) is 11.0 Å². The second kappa shape index (κ2) is 6.85. The molecule has 2 N–H and O–H groups in total. The summed E-state index contributed by atoms with van der Waals surface area (Å²) in [5.74, 6) is 1.10. The predicted octanol–water partition coefficient (Wildman–Crippen LogP) is 2.92. The maximum Gasteiger partial charge on any atom is 0.228 e. The molecule has 118 valence electrons. The lowest BCUT2D eigenvalue weighted by molar-refractivity contribution is -0.116. The van der Waals surface area contributed by atoms with Crippen molar-refractivity contribution in [3.8, 4) is 0 Å². The summed E-state index contributed by atoms with van der Waals surface area (Å²) >= 11 is 1.34. The van der Waals surface area contributed by atoms with Crippen LogP contribution in [0.15, 0.2) is 16.8 Å². The van der Waals surface area contributed by atoms with Crippen molar-refractivity contribution in [2.45, 2.75) is 32.6 Å². The van der Waals surface area contributed by atoms with E-state index in [1.54, 1.807) is 18.5 Å². The molecular formula is C15H19N3O3S. The first kappa shape index (κ1) is 16.4. The van der Waals surface area contributed by atoms with Gasteiger partial charge in [0.25, 0.3) is 0 Å². The van der Waals surface area contributed by atoms with E-state index < -0.39 is 0 Å². The zero-order chi connectivity index (χ0) is 16.2. The van der Waals surface area contributed by atoms with Crippen molar-refractivity contribution in [1.29, 1.82) is 0 Å². The van der Waals surface area contributed by atoms with Crippen LogP contribution in [-0.4, -0.2) is 27.6 Å². The molecule has 22 heavy (non-hydrogen) atoms. The Morgan fingerprint density at radius 3 is 2.77 bits per heavy atom. The van der Waals surface area contributed by atoms with E-state index in [0.717, 1.165) is 10.6 Å². The predicted molar refractivity (Wildman–Crippen MR) is 86.6 cm³/mol. The van der Waals surface area contributed by atoms with Gasteiger partial charge in [0, 0.05) is 22.6 Å². The summed E-state index contributed by atoms with van der Waals surface area (Å²) in [7, 11) is 0. The summed E-state index contributed by atoms with van der Waals surface area (Å²) in [6, 6.07) is 0. The summed E-state index contributed by atoms with van der Waals surface area (Å²) in [5, 5.41) is 11.8. The van der Waals surface area contributed by atoms with E-state index in [4.69, 9.17) is 9.52 Å². The molecule has 0 bridgehead atoms. The number of amides is 1.